The molecular formula is C15H13N5OS2. The molecule has 0 aromatic carbocycles. The lowest BCUT2D eigenvalue weighted by molar-refractivity contribution is -0.121. The van der Waals surface area contributed by atoms with E-state index in [2.05, 4.69) is 26.8 Å². The number of hydrogen-bond acceptors (Lipinski definition) is 7. The Labute approximate surface area is 141 Å². The van der Waals surface area contributed by atoms with Gasteiger partial charge in [-0.1, -0.05) is 17.4 Å². The van der Waals surface area contributed by atoms with E-state index in [1.165, 1.54) is 23.1 Å². The molecular weight excluding hydrogens is 330 g/mol. The number of amidine groups is 1. The summed E-state index contributed by atoms with van der Waals surface area (Å²) >= 11 is 2.71. The number of hydrogen-bond donors (Lipinski definition) is 0. The van der Waals surface area contributed by atoms with Gasteiger partial charge in [-0.05, 0) is 42.5 Å². The zero-order valence-corrected chi connectivity index (χ0v) is 14.0. The Hall–Kier alpha value is -2.32. The molecule has 2 aromatic heterocycles. The smallest absolute Gasteiger partial charge is 0.267 e. The summed E-state index contributed by atoms with van der Waals surface area (Å²) in [5.41, 5.74) is 0.919. The van der Waals surface area contributed by atoms with Crippen molar-refractivity contribution >= 4 is 45.4 Å². The number of amides is 1. The molecule has 0 saturated carbocycles. The molecule has 23 heavy (non-hydrogen) atoms. The molecule has 116 valence electrons. The van der Waals surface area contributed by atoms with Gasteiger partial charge in [0.25, 0.3) is 5.91 Å². The number of rotatable bonds is 4. The molecule has 2 aromatic rings. The van der Waals surface area contributed by atoms with E-state index in [0.29, 0.717) is 21.7 Å². The number of aryl methyl sites for hydroxylation is 1. The number of carbonyl (C=O) groups excluding carboxylic acids is 1. The van der Waals surface area contributed by atoms with E-state index in [1.807, 2.05) is 25.1 Å². The van der Waals surface area contributed by atoms with Crippen LogP contribution in [0.4, 0.5) is 5.13 Å². The Bertz CT molecular complexity index is 797. The van der Waals surface area contributed by atoms with Gasteiger partial charge in [0.15, 0.2) is 5.17 Å². The highest BCUT2D eigenvalue weighted by atomic mass is 32.2. The molecule has 0 bridgehead atoms. The van der Waals surface area contributed by atoms with E-state index < -0.39 is 0 Å². The fourth-order valence-electron chi connectivity index (χ4n) is 1.91. The Morgan fingerprint density at radius 1 is 1.35 bits per heavy atom. The van der Waals surface area contributed by atoms with Crippen LogP contribution >= 0.6 is 23.1 Å². The molecule has 8 heteroatoms. The zero-order chi connectivity index (χ0) is 16.2. The quantitative estimate of drug-likeness (QED) is 0.630. The minimum atomic E-state index is -0.0910. The number of nitrogens with zero attached hydrogens (tertiary/aromatic N) is 5. The van der Waals surface area contributed by atoms with Crippen LogP contribution in [0.25, 0.3) is 6.08 Å². The SMILES string of the molecule is C=CCN1C(=O)/C(=C/c2ccncc2)S/C1=N/c1nnc(C)s1. The highest BCUT2D eigenvalue weighted by molar-refractivity contribution is 8.18. The molecule has 0 aliphatic carbocycles. The molecule has 6 nitrogen and oxygen atoms in total. The summed E-state index contributed by atoms with van der Waals surface area (Å²) in [6.45, 7) is 5.97. The van der Waals surface area contributed by atoms with Crippen LogP contribution in [-0.2, 0) is 4.79 Å². The van der Waals surface area contributed by atoms with Crippen LogP contribution in [0.5, 0.6) is 0 Å². The van der Waals surface area contributed by atoms with E-state index in [0.717, 1.165) is 10.6 Å². The summed E-state index contributed by atoms with van der Waals surface area (Å²) < 4.78 is 0. The van der Waals surface area contributed by atoms with Crippen molar-refractivity contribution in [3.8, 4) is 0 Å². The van der Waals surface area contributed by atoms with E-state index in [-0.39, 0.29) is 5.91 Å². The molecule has 0 N–H and O–H groups in total. The van der Waals surface area contributed by atoms with Crippen molar-refractivity contribution in [2.45, 2.75) is 6.92 Å². The standard InChI is InChI=1S/C15H13N5OS2/c1-3-8-20-13(21)12(9-11-4-6-16-7-5-11)23-15(20)17-14-19-18-10(2)22-14/h3-7,9H,1,8H2,2H3/b12-9-,17-15+. The van der Waals surface area contributed by atoms with E-state index in [1.54, 1.807) is 23.4 Å². The lowest BCUT2D eigenvalue weighted by Gasteiger charge is -2.11. The van der Waals surface area contributed by atoms with Gasteiger partial charge in [-0.3, -0.25) is 14.7 Å². The average molecular weight is 343 g/mol. The molecule has 0 atom stereocenters. The van der Waals surface area contributed by atoms with Gasteiger partial charge in [-0.15, -0.1) is 16.8 Å². The van der Waals surface area contributed by atoms with Gasteiger partial charge >= 0.3 is 0 Å². The van der Waals surface area contributed by atoms with Crippen LogP contribution in [0.15, 0.2) is 47.1 Å². The van der Waals surface area contributed by atoms with Crippen LogP contribution in [0, 0.1) is 6.92 Å². The summed E-state index contributed by atoms with van der Waals surface area (Å²) in [6, 6.07) is 3.70. The predicted octanol–water partition coefficient (Wildman–Crippen LogP) is 3.03. The first kappa shape index (κ1) is 15.6. The van der Waals surface area contributed by atoms with Crippen molar-refractivity contribution in [3.05, 3.63) is 52.7 Å². The number of carbonyl (C=O) groups is 1. The maximum Gasteiger partial charge on any atom is 0.267 e. The van der Waals surface area contributed by atoms with Crippen LogP contribution in [0.2, 0.25) is 0 Å². The second kappa shape index (κ2) is 6.84. The van der Waals surface area contributed by atoms with Crippen LogP contribution < -0.4 is 0 Å². The third-order valence-electron chi connectivity index (χ3n) is 2.91. The van der Waals surface area contributed by atoms with Gasteiger partial charge in [0.05, 0.1) is 4.91 Å². The van der Waals surface area contributed by atoms with Crippen molar-refractivity contribution < 1.29 is 4.79 Å². The fourth-order valence-corrected chi connectivity index (χ4v) is 3.51. The number of thioether (sulfide) groups is 1. The molecule has 1 aliphatic heterocycles. The Morgan fingerprint density at radius 2 is 2.13 bits per heavy atom. The van der Waals surface area contributed by atoms with Gasteiger partial charge in [0, 0.05) is 18.9 Å². The highest BCUT2D eigenvalue weighted by Gasteiger charge is 2.32. The molecule has 1 aliphatic rings. The third kappa shape index (κ3) is 3.54. The predicted molar refractivity (Wildman–Crippen MR) is 93.5 cm³/mol. The van der Waals surface area contributed by atoms with Crippen molar-refractivity contribution in [2.24, 2.45) is 4.99 Å². The lowest BCUT2D eigenvalue weighted by atomic mass is 10.2. The van der Waals surface area contributed by atoms with Crippen molar-refractivity contribution in [3.63, 3.8) is 0 Å². The Balaban J connectivity index is 1.94. The van der Waals surface area contributed by atoms with Gasteiger partial charge in [0.2, 0.25) is 5.13 Å². The zero-order valence-electron chi connectivity index (χ0n) is 12.3. The minimum Gasteiger partial charge on any atom is -0.282 e. The maximum atomic E-state index is 12.6. The first-order valence-electron chi connectivity index (χ1n) is 6.78. The van der Waals surface area contributed by atoms with Gasteiger partial charge in [-0.2, -0.15) is 4.99 Å². The van der Waals surface area contributed by atoms with Gasteiger partial charge in [0.1, 0.15) is 5.01 Å². The fraction of sp³-hybridized carbons (Fsp3) is 0.133. The summed E-state index contributed by atoms with van der Waals surface area (Å²) in [4.78, 5) is 23.2. The first-order chi connectivity index (χ1) is 11.2. The summed E-state index contributed by atoms with van der Waals surface area (Å²) in [6.07, 6.45) is 6.89. The molecule has 1 saturated heterocycles. The van der Waals surface area contributed by atoms with E-state index in [4.69, 9.17) is 0 Å². The largest absolute Gasteiger partial charge is 0.282 e. The topological polar surface area (TPSA) is 71.3 Å². The lowest BCUT2D eigenvalue weighted by Crippen LogP contribution is -2.29. The monoisotopic (exact) mass is 343 g/mol. The average Bonchev–Trinajstić information content (AvgIpc) is 3.08. The maximum absolute atomic E-state index is 12.6. The van der Waals surface area contributed by atoms with Crippen LogP contribution in [-0.4, -0.2) is 37.7 Å². The number of pyridine rings is 1. The van der Waals surface area contributed by atoms with E-state index in [9.17, 15) is 4.79 Å². The van der Waals surface area contributed by atoms with Crippen molar-refractivity contribution in [1.82, 2.24) is 20.1 Å². The Kier molecular flexibility index (Phi) is 4.63. The molecule has 0 unspecified atom stereocenters. The molecule has 0 radical (unpaired) electrons. The summed E-state index contributed by atoms with van der Waals surface area (Å²) in [5, 5.41) is 9.89. The molecule has 3 heterocycles. The third-order valence-corrected chi connectivity index (χ3v) is 4.65. The summed E-state index contributed by atoms with van der Waals surface area (Å²) in [5.74, 6) is -0.0910. The van der Waals surface area contributed by atoms with Gasteiger partial charge < -0.3 is 0 Å². The van der Waals surface area contributed by atoms with Crippen LogP contribution in [0.1, 0.15) is 10.6 Å². The molecule has 0 spiro atoms. The van der Waals surface area contributed by atoms with Crippen LogP contribution in [0.3, 0.4) is 0 Å². The first-order valence-corrected chi connectivity index (χ1v) is 8.42. The van der Waals surface area contributed by atoms with Crippen molar-refractivity contribution in [2.75, 3.05) is 6.54 Å². The number of aliphatic imine (C=N–C) groups is 1. The van der Waals surface area contributed by atoms with Crippen molar-refractivity contribution in [1.29, 1.82) is 0 Å². The molecule has 1 fully saturated rings. The second-order valence-electron chi connectivity index (χ2n) is 4.59. The summed E-state index contributed by atoms with van der Waals surface area (Å²) in [7, 11) is 0. The van der Waals surface area contributed by atoms with E-state index >= 15 is 0 Å². The van der Waals surface area contributed by atoms with Gasteiger partial charge in [-0.25, -0.2) is 0 Å². The minimum absolute atomic E-state index is 0.0910. The highest BCUT2D eigenvalue weighted by Crippen LogP contribution is 2.34. The Morgan fingerprint density at radius 3 is 2.78 bits per heavy atom. The molecule has 3 rings (SSSR count). The second-order valence-corrected chi connectivity index (χ2v) is 6.76. The molecule has 1 amide bonds. The normalized spacial score (nSPS) is 18.1. The number of aromatic nitrogens is 3.